The van der Waals surface area contributed by atoms with Gasteiger partial charge in [-0.1, -0.05) is 0 Å². The van der Waals surface area contributed by atoms with Crippen molar-refractivity contribution in [2.24, 2.45) is 5.73 Å². The Labute approximate surface area is 108 Å². The third kappa shape index (κ3) is 3.27. The molecule has 96 valence electrons. The maximum atomic E-state index is 5.81. The van der Waals surface area contributed by atoms with Gasteiger partial charge in [-0.3, -0.25) is 0 Å². The molecule has 0 spiro atoms. The fourth-order valence-corrected chi connectivity index (χ4v) is 3.35. The van der Waals surface area contributed by atoms with Gasteiger partial charge in [0.15, 0.2) is 0 Å². The highest BCUT2D eigenvalue weighted by molar-refractivity contribution is 7.09. The summed E-state index contributed by atoms with van der Waals surface area (Å²) in [6, 6.07) is 0.865. The Bertz CT molecular complexity index is 359. The van der Waals surface area contributed by atoms with Gasteiger partial charge in [0.25, 0.3) is 0 Å². The first-order valence-electron chi connectivity index (χ1n) is 6.50. The number of hydrogen-bond donors (Lipinski definition) is 1. The summed E-state index contributed by atoms with van der Waals surface area (Å²) in [7, 11) is 0. The average Bonchev–Trinajstić information content (AvgIpc) is 2.83. The van der Waals surface area contributed by atoms with E-state index in [1.54, 1.807) is 0 Å². The normalized spacial score (nSPS) is 23.5. The molecule has 1 aliphatic heterocycles. The molecule has 0 bridgehead atoms. The molecule has 0 saturated carbocycles. The lowest BCUT2D eigenvalue weighted by atomic mass is 10.1. The molecular weight excluding hydrogens is 230 g/mol. The molecule has 2 rings (SSSR count). The minimum Gasteiger partial charge on any atom is -0.328 e. The van der Waals surface area contributed by atoms with Crippen LogP contribution in [0.25, 0.3) is 0 Å². The summed E-state index contributed by atoms with van der Waals surface area (Å²) in [4.78, 5) is 7.28. The number of hydrogen-bond acceptors (Lipinski definition) is 4. The lowest BCUT2D eigenvalue weighted by molar-refractivity contribution is 0.272. The zero-order valence-corrected chi connectivity index (χ0v) is 11.8. The van der Waals surface area contributed by atoms with E-state index in [0.717, 1.165) is 6.42 Å². The molecule has 4 heteroatoms. The van der Waals surface area contributed by atoms with Crippen LogP contribution in [0.15, 0.2) is 5.38 Å². The second-order valence-corrected chi connectivity index (χ2v) is 6.32. The molecule has 2 heterocycles. The molecule has 1 fully saturated rings. The molecular formula is C13H23N3S. The lowest BCUT2D eigenvalue weighted by Crippen LogP contribution is -2.27. The largest absolute Gasteiger partial charge is 0.328 e. The van der Waals surface area contributed by atoms with Gasteiger partial charge in [0, 0.05) is 36.3 Å². The van der Waals surface area contributed by atoms with Crippen molar-refractivity contribution in [2.45, 2.75) is 51.6 Å². The van der Waals surface area contributed by atoms with E-state index in [4.69, 9.17) is 10.7 Å². The van der Waals surface area contributed by atoms with Crippen LogP contribution in [0.4, 0.5) is 0 Å². The zero-order valence-electron chi connectivity index (χ0n) is 11.0. The van der Waals surface area contributed by atoms with Crippen LogP contribution >= 0.6 is 11.3 Å². The summed E-state index contributed by atoms with van der Waals surface area (Å²) in [5.41, 5.74) is 6.97. The first-order valence-corrected chi connectivity index (χ1v) is 7.38. The van der Waals surface area contributed by atoms with Crippen LogP contribution in [0.1, 0.15) is 43.8 Å². The van der Waals surface area contributed by atoms with Crippen molar-refractivity contribution < 1.29 is 0 Å². The van der Waals surface area contributed by atoms with Crippen LogP contribution in [-0.2, 0) is 6.42 Å². The molecule has 1 saturated heterocycles. The molecule has 17 heavy (non-hydrogen) atoms. The van der Waals surface area contributed by atoms with Crippen molar-refractivity contribution in [1.82, 2.24) is 9.88 Å². The van der Waals surface area contributed by atoms with Crippen LogP contribution in [0, 0.1) is 0 Å². The number of nitrogens with two attached hydrogens (primary N) is 1. The SMILES string of the molecule is CC(N)Cc1csc(C2CCN(C(C)C)C2)n1. The van der Waals surface area contributed by atoms with Gasteiger partial charge < -0.3 is 10.6 Å². The van der Waals surface area contributed by atoms with Crippen LogP contribution in [0.2, 0.25) is 0 Å². The Kier molecular flexibility index (Phi) is 4.17. The van der Waals surface area contributed by atoms with Crippen molar-refractivity contribution in [1.29, 1.82) is 0 Å². The smallest absolute Gasteiger partial charge is 0.0972 e. The predicted molar refractivity (Wildman–Crippen MR) is 73.5 cm³/mol. The minimum atomic E-state index is 0.209. The van der Waals surface area contributed by atoms with Gasteiger partial charge in [0.1, 0.15) is 0 Å². The summed E-state index contributed by atoms with van der Waals surface area (Å²) in [5.74, 6) is 0.643. The highest BCUT2D eigenvalue weighted by Crippen LogP contribution is 2.30. The van der Waals surface area contributed by atoms with E-state index in [1.807, 2.05) is 18.3 Å². The highest BCUT2D eigenvalue weighted by atomic mass is 32.1. The summed E-state index contributed by atoms with van der Waals surface area (Å²) in [6.07, 6.45) is 2.15. The van der Waals surface area contributed by atoms with Crippen molar-refractivity contribution in [3.05, 3.63) is 16.1 Å². The molecule has 3 nitrogen and oxygen atoms in total. The Morgan fingerprint density at radius 3 is 2.88 bits per heavy atom. The average molecular weight is 253 g/mol. The summed E-state index contributed by atoms with van der Waals surface area (Å²) in [5, 5.41) is 3.49. The third-order valence-corrected chi connectivity index (χ3v) is 4.46. The molecule has 2 atom stereocenters. The predicted octanol–water partition coefficient (Wildman–Crippen LogP) is 2.23. The molecule has 0 radical (unpaired) electrons. The summed E-state index contributed by atoms with van der Waals surface area (Å²) in [6.45, 7) is 8.96. The van der Waals surface area contributed by atoms with Crippen LogP contribution in [0.3, 0.4) is 0 Å². The van der Waals surface area contributed by atoms with Gasteiger partial charge in [-0.05, 0) is 33.7 Å². The maximum Gasteiger partial charge on any atom is 0.0972 e. The van der Waals surface area contributed by atoms with Crippen molar-refractivity contribution in [3.8, 4) is 0 Å². The van der Waals surface area contributed by atoms with E-state index >= 15 is 0 Å². The fraction of sp³-hybridized carbons (Fsp3) is 0.769. The van der Waals surface area contributed by atoms with Gasteiger partial charge in [-0.25, -0.2) is 4.98 Å². The molecule has 0 aromatic carbocycles. The van der Waals surface area contributed by atoms with Crippen molar-refractivity contribution >= 4 is 11.3 Å². The molecule has 2 N–H and O–H groups in total. The number of likely N-dealkylation sites (tertiary alicyclic amines) is 1. The second-order valence-electron chi connectivity index (χ2n) is 5.43. The van der Waals surface area contributed by atoms with Crippen molar-refractivity contribution in [3.63, 3.8) is 0 Å². The topological polar surface area (TPSA) is 42.1 Å². The van der Waals surface area contributed by atoms with Crippen molar-refractivity contribution in [2.75, 3.05) is 13.1 Å². The van der Waals surface area contributed by atoms with E-state index in [9.17, 15) is 0 Å². The van der Waals surface area contributed by atoms with Gasteiger partial charge in [-0.15, -0.1) is 11.3 Å². The summed E-state index contributed by atoms with van der Waals surface area (Å²) < 4.78 is 0. The monoisotopic (exact) mass is 253 g/mol. The third-order valence-electron chi connectivity index (χ3n) is 3.40. The standard InChI is InChI=1S/C13H23N3S/c1-9(2)16-5-4-11(7-16)13-15-12(8-17-13)6-10(3)14/h8-11H,4-7,14H2,1-3H3. The second kappa shape index (κ2) is 5.46. The first-order chi connectivity index (χ1) is 8.06. The van der Waals surface area contributed by atoms with E-state index in [0.29, 0.717) is 12.0 Å². The number of thiazole rings is 1. The molecule has 0 amide bonds. The van der Waals surface area contributed by atoms with E-state index in [1.165, 1.54) is 30.2 Å². The van der Waals surface area contributed by atoms with E-state index < -0.39 is 0 Å². The Hall–Kier alpha value is -0.450. The van der Waals surface area contributed by atoms with E-state index in [2.05, 4.69) is 24.1 Å². The van der Waals surface area contributed by atoms with Crippen LogP contribution in [0.5, 0.6) is 0 Å². The Morgan fingerprint density at radius 2 is 2.29 bits per heavy atom. The van der Waals surface area contributed by atoms with Crippen LogP contribution < -0.4 is 5.73 Å². The molecule has 1 aromatic rings. The first kappa shape index (κ1) is 13.0. The molecule has 2 unspecified atom stereocenters. The molecule has 1 aliphatic rings. The quantitative estimate of drug-likeness (QED) is 0.895. The van der Waals surface area contributed by atoms with Gasteiger partial charge in [-0.2, -0.15) is 0 Å². The Morgan fingerprint density at radius 1 is 1.53 bits per heavy atom. The van der Waals surface area contributed by atoms with Gasteiger partial charge >= 0.3 is 0 Å². The lowest BCUT2D eigenvalue weighted by Gasteiger charge is -2.19. The summed E-state index contributed by atoms with van der Waals surface area (Å²) >= 11 is 1.81. The number of rotatable bonds is 4. The van der Waals surface area contributed by atoms with Crippen LogP contribution in [-0.4, -0.2) is 35.1 Å². The number of nitrogens with zero attached hydrogens (tertiary/aromatic N) is 2. The molecule has 1 aromatic heterocycles. The minimum absolute atomic E-state index is 0.209. The maximum absolute atomic E-state index is 5.81. The Balaban J connectivity index is 1.97. The van der Waals surface area contributed by atoms with Gasteiger partial charge in [0.05, 0.1) is 10.7 Å². The van der Waals surface area contributed by atoms with E-state index in [-0.39, 0.29) is 6.04 Å². The number of aromatic nitrogens is 1. The van der Waals surface area contributed by atoms with Gasteiger partial charge in [0.2, 0.25) is 0 Å². The zero-order chi connectivity index (χ0) is 12.4. The highest BCUT2D eigenvalue weighted by Gasteiger charge is 2.27. The molecule has 0 aliphatic carbocycles. The fourth-order valence-electron chi connectivity index (χ4n) is 2.39.